The molecule has 0 saturated carbocycles. The van der Waals surface area contributed by atoms with E-state index in [9.17, 15) is 5.21 Å². The van der Waals surface area contributed by atoms with Gasteiger partial charge in [-0.2, -0.15) is 0 Å². The Kier molecular flexibility index (Phi) is 3.90. The first-order chi connectivity index (χ1) is 12.3. The van der Waals surface area contributed by atoms with Crippen LogP contribution in [0.5, 0.6) is 0 Å². The number of nitrogen functional groups attached to an aromatic ring is 1. The molecule has 0 saturated heterocycles. The van der Waals surface area contributed by atoms with Gasteiger partial charge < -0.3 is 10.9 Å². The molecule has 5 nitrogen and oxygen atoms in total. The molecule has 25 heavy (non-hydrogen) atoms. The normalized spacial score (nSPS) is 18.1. The van der Waals surface area contributed by atoms with Gasteiger partial charge in [0.2, 0.25) is 5.95 Å². The van der Waals surface area contributed by atoms with Crippen molar-refractivity contribution in [2.24, 2.45) is 5.16 Å². The molecule has 1 unspecified atom stereocenters. The maximum Gasteiger partial charge on any atom is 0.220 e. The lowest BCUT2D eigenvalue weighted by atomic mass is 9.79. The number of nitrogens with zero attached hydrogens (tertiary/aromatic N) is 3. The monoisotopic (exact) mass is 330 g/mol. The van der Waals surface area contributed by atoms with E-state index in [1.54, 1.807) is 6.20 Å². The molecular formula is C20H18N4O. The third-order valence-corrected chi connectivity index (χ3v) is 4.68. The Bertz CT molecular complexity index is 937. The number of nitrogens with two attached hydrogens (primary N) is 1. The highest BCUT2D eigenvalue weighted by molar-refractivity contribution is 6.02. The number of hydrogen-bond acceptors (Lipinski definition) is 5. The van der Waals surface area contributed by atoms with Crippen LogP contribution in [0.1, 0.15) is 29.2 Å². The van der Waals surface area contributed by atoms with Gasteiger partial charge in [0.1, 0.15) is 0 Å². The molecule has 2 aromatic carbocycles. The number of rotatable bonds is 2. The van der Waals surface area contributed by atoms with Crippen molar-refractivity contribution < 1.29 is 5.21 Å². The van der Waals surface area contributed by atoms with Crippen LogP contribution in [-0.2, 0) is 6.42 Å². The molecule has 1 atom stereocenters. The Hall–Kier alpha value is -3.21. The van der Waals surface area contributed by atoms with Gasteiger partial charge in [0.05, 0.1) is 11.4 Å². The van der Waals surface area contributed by atoms with Gasteiger partial charge in [-0.15, -0.1) is 0 Å². The highest BCUT2D eigenvalue weighted by atomic mass is 16.4. The third-order valence-electron chi connectivity index (χ3n) is 4.68. The molecule has 3 N–H and O–H groups in total. The fourth-order valence-electron chi connectivity index (χ4n) is 3.53. The van der Waals surface area contributed by atoms with E-state index < -0.39 is 0 Å². The standard InChI is InChI=1S/C20H18N4O/c21-20-22-12-17-18(23-20)10-14(11-19(17)24-25)16-9-5-4-8-15(16)13-6-2-1-3-7-13/h1-9,12,14,25H,10-11H2,(H2,21,22,23). The number of anilines is 1. The van der Waals surface area contributed by atoms with Gasteiger partial charge in [-0.3, -0.25) is 0 Å². The summed E-state index contributed by atoms with van der Waals surface area (Å²) in [7, 11) is 0. The van der Waals surface area contributed by atoms with Crippen molar-refractivity contribution in [1.82, 2.24) is 9.97 Å². The van der Waals surface area contributed by atoms with E-state index in [4.69, 9.17) is 5.73 Å². The minimum atomic E-state index is 0.170. The summed E-state index contributed by atoms with van der Waals surface area (Å²) in [5.41, 5.74) is 11.6. The van der Waals surface area contributed by atoms with Gasteiger partial charge in [0, 0.05) is 18.2 Å². The van der Waals surface area contributed by atoms with Crippen LogP contribution >= 0.6 is 0 Å². The van der Waals surface area contributed by atoms with E-state index in [1.807, 2.05) is 30.3 Å². The largest absolute Gasteiger partial charge is 0.411 e. The minimum Gasteiger partial charge on any atom is -0.411 e. The third kappa shape index (κ3) is 2.85. The van der Waals surface area contributed by atoms with Crippen LogP contribution in [0.4, 0.5) is 5.95 Å². The number of hydrogen-bond donors (Lipinski definition) is 2. The molecule has 3 aromatic rings. The lowest BCUT2D eigenvalue weighted by Crippen LogP contribution is -2.22. The van der Waals surface area contributed by atoms with Gasteiger partial charge >= 0.3 is 0 Å². The summed E-state index contributed by atoms with van der Waals surface area (Å²) in [5, 5.41) is 13.0. The van der Waals surface area contributed by atoms with Crippen LogP contribution in [0, 0.1) is 0 Å². The summed E-state index contributed by atoms with van der Waals surface area (Å²) < 4.78 is 0. The summed E-state index contributed by atoms with van der Waals surface area (Å²) in [6, 6.07) is 18.7. The molecule has 0 bridgehead atoms. The minimum absolute atomic E-state index is 0.170. The maximum atomic E-state index is 9.46. The van der Waals surface area contributed by atoms with Crippen molar-refractivity contribution in [1.29, 1.82) is 0 Å². The first-order valence-corrected chi connectivity index (χ1v) is 8.23. The SMILES string of the molecule is Nc1ncc2c(n1)CC(c1ccccc1-c1ccccc1)CC2=NO. The number of benzene rings is 2. The number of oxime groups is 1. The van der Waals surface area contributed by atoms with Crippen molar-refractivity contribution in [3.63, 3.8) is 0 Å². The van der Waals surface area contributed by atoms with Gasteiger partial charge in [-0.05, 0) is 29.0 Å². The van der Waals surface area contributed by atoms with Crippen LogP contribution in [-0.4, -0.2) is 20.9 Å². The van der Waals surface area contributed by atoms with E-state index in [1.165, 1.54) is 16.7 Å². The van der Waals surface area contributed by atoms with Crippen molar-refractivity contribution in [2.45, 2.75) is 18.8 Å². The molecule has 1 heterocycles. The highest BCUT2D eigenvalue weighted by Gasteiger charge is 2.28. The summed E-state index contributed by atoms with van der Waals surface area (Å²) in [6.07, 6.45) is 3.03. The van der Waals surface area contributed by atoms with E-state index in [-0.39, 0.29) is 11.9 Å². The molecule has 1 aliphatic carbocycles. The van der Waals surface area contributed by atoms with Gasteiger partial charge in [-0.1, -0.05) is 59.8 Å². The van der Waals surface area contributed by atoms with E-state index in [2.05, 4.69) is 39.4 Å². The molecule has 1 aliphatic rings. The van der Waals surface area contributed by atoms with Crippen LogP contribution < -0.4 is 5.73 Å². The van der Waals surface area contributed by atoms with Crippen LogP contribution in [0.15, 0.2) is 65.9 Å². The lowest BCUT2D eigenvalue weighted by molar-refractivity contribution is 0.316. The van der Waals surface area contributed by atoms with Crippen molar-refractivity contribution in [2.75, 3.05) is 5.73 Å². The zero-order valence-corrected chi connectivity index (χ0v) is 13.6. The molecule has 1 aromatic heterocycles. The fraction of sp³-hybridized carbons (Fsp3) is 0.150. The Labute approximate surface area is 145 Å². The highest BCUT2D eigenvalue weighted by Crippen LogP contribution is 2.37. The Morgan fingerprint density at radius 2 is 1.72 bits per heavy atom. The van der Waals surface area contributed by atoms with Crippen molar-refractivity contribution in [3.8, 4) is 11.1 Å². The lowest BCUT2D eigenvalue weighted by Gasteiger charge is -2.26. The second kappa shape index (κ2) is 6.36. The molecule has 4 rings (SSSR count). The molecule has 124 valence electrons. The predicted molar refractivity (Wildman–Crippen MR) is 97.7 cm³/mol. The number of aromatic nitrogens is 2. The zero-order valence-electron chi connectivity index (χ0n) is 13.6. The first kappa shape index (κ1) is 15.3. The molecule has 0 spiro atoms. The topological polar surface area (TPSA) is 84.4 Å². The summed E-state index contributed by atoms with van der Waals surface area (Å²) >= 11 is 0. The second-order valence-corrected chi connectivity index (χ2v) is 6.19. The number of fused-ring (bicyclic) bond motifs is 1. The van der Waals surface area contributed by atoms with Crippen LogP contribution in [0.25, 0.3) is 11.1 Å². The molecule has 5 heteroatoms. The average Bonchev–Trinajstić information content (AvgIpc) is 2.67. The van der Waals surface area contributed by atoms with E-state index >= 15 is 0 Å². The summed E-state index contributed by atoms with van der Waals surface area (Å²) in [5.74, 6) is 0.414. The van der Waals surface area contributed by atoms with Gasteiger partial charge in [0.15, 0.2) is 0 Å². The molecule has 0 aliphatic heterocycles. The predicted octanol–water partition coefficient (Wildman–Crippen LogP) is 3.63. The first-order valence-electron chi connectivity index (χ1n) is 8.23. The molecular weight excluding hydrogens is 312 g/mol. The van der Waals surface area contributed by atoms with Gasteiger partial charge in [-0.25, -0.2) is 9.97 Å². The summed E-state index contributed by atoms with van der Waals surface area (Å²) in [4.78, 5) is 8.39. The van der Waals surface area contributed by atoms with Crippen molar-refractivity contribution >= 4 is 11.7 Å². The Balaban J connectivity index is 1.79. The van der Waals surface area contributed by atoms with Crippen LogP contribution in [0.3, 0.4) is 0 Å². The van der Waals surface area contributed by atoms with E-state index in [0.29, 0.717) is 12.1 Å². The Morgan fingerprint density at radius 3 is 2.52 bits per heavy atom. The fourth-order valence-corrected chi connectivity index (χ4v) is 3.53. The van der Waals surface area contributed by atoms with Gasteiger partial charge in [0.25, 0.3) is 0 Å². The average molecular weight is 330 g/mol. The van der Waals surface area contributed by atoms with E-state index in [0.717, 1.165) is 17.7 Å². The molecule has 0 amide bonds. The van der Waals surface area contributed by atoms with Crippen LogP contribution in [0.2, 0.25) is 0 Å². The molecule has 0 radical (unpaired) electrons. The smallest absolute Gasteiger partial charge is 0.220 e. The molecule has 0 fully saturated rings. The quantitative estimate of drug-likeness (QED) is 0.555. The summed E-state index contributed by atoms with van der Waals surface area (Å²) in [6.45, 7) is 0. The second-order valence-electron chi connectivity index (χ2n) is 6.19. The Morgan fingerprint density at radius 1 is 0.960 bits per heavy atom. The van der Waals surface area contributed by atoms with Crippen molar-refractivity contribution in [3.05, 3.63) is 77.6 Å². The maximum absolute atomic E-state index is 9.46. The zero-order chi connectivity index (χ0) is 17.2.